The quantitative estimate of drug-likeness (QED) is 0.495. The molecule has 0 aliphatic heterocycles. The van der Waals surface area contributed by atoms with E-state index in [9.17, 15) is 4.79 Å². The molecule has 0 spiro atoms. The Morgan fingerprint density at radius 1 is 1.58 bits per heavy atom. The molecule has 0 saturated carbocycles. The summed E-state index contributed by atoms with van der Waals surface area (Å²) in [4.78, 5) is 10.9. The van der Waals surface area contributed by atoms with Crippen LogP contribution in [0.3, 0.4) is 0 Å². The van der Waals surface area contributed by atoms with E-state index in [4.69, 9.17) is 10.5 Å². The van der Waals surface area contributed by atoms with Gasteiger partial charge in [-0.1, -0.05) is 19.8 Å². The van der Waals surface area contributed by atoms with E-state index >= 15 is 0 Å². The molecule has 0 bridgehead atoms. The number of hydrogen-bond acceptors (Lipinski definition) is 3. The highest BCUT2D eigenvalue weighted by Gasteiger charge is 2.09. The highest BCUT2D eigenvalue weighted by molar-refractivity contribution is 5.71. The lowest BCUT2D eigenvalue weighted by atomic mass is 10.2. The van der Waals surface area contributed by atoms with E-state index in [1.165, 1.54) is 0 Å². The average molecular weight is 169 g/mol. The maximum atomic E-state index is 10.9. The van der Waals surface area contributed by atoms with Crippen molar-refractivity contribution in [1.29, 1.82) is 0 Å². The molecule has 0 aromatic heterocycles. The molecule has 3 nitrogen and oxygen atoms in total. The van der Waals surface area contributed by atoms with Crippen molar-refractivity contribution in [3.63, 3.8) is 0 Å². The van der Waals surface area contributed by atoms with Crippen molar-refractivity contribution in [3.05, 3.63) is 0 Å². The van der Waals surface area contributed by atoms with E-state index in [-0.39, 0.29) is 24.5 Å². The molecule has 0 radical (unpaired) electrons. The van der Waals surface area contributed by atoms with Crippen molar-refractivity contribution in [2.45, 2.75) is 26.8 Å². The predicted molar refractivity (Wildman–Crippen MR) is 47.2 cm³/mol. The normalized spacial score (nSPS) is 11.8. The summed E-state index contributed by atoms with van der Waals surface area (Å²) < 4.78 is 4.85. The van der Waals surface area contributed by atoms with E-state index in [1.807, 2.05) is 0 Å². The number of carbonyl (C=O) groups excluding carboxylic acids is 1. The number of nitrogens with two attached hydrogens (primary N) is 1. The molecule has 0 heterocycles. The fourth-order valence-electron chi connectivity index (χ4n) is 0.566. The minimum absolute atomic E-state index is 0.105. The first-order valence-corrected chi connectivity index (χ1v) is 3.92. The van der Waals surface area contributed by atoms with E-state index in [2.05, 4.69) is 11.8 Å². The number of carbonyl (C=O) groups is 1. The molecule has 0 saturated heterocycles. The Morgan fingerprint density at radius 3 is 2.58 bits per heavy atom. The summed E-state index contributed by atoms with van der Waals surface area (Å²) in [5.74, 6) is 5.01. The molecule has 0 rings (SSSR count). The molecular formula is C9H15NO2. The van der Waals surface area contributed by atoms with Gasteiger partial charge in [0.15, 0.2) is 0 Å². The molecule has 68 valence electrons. The van der Waals surface area contributed by atoms with Gasteiger partial charge in [0, 0.05) is 0 Å². The van der Waals surface area contributed by atoms with Gasteiger partial charge in [-0.2, -0.15) is 0 Å². The smallest absolute Gasteiger partial charge is 0.308 e. The van der Waals surface area contributed by atoms with Gasteiger partial charge in [0.2, 0.25) is 0 Å². The van der Waals surface area contributed by atoms with Gasteiger partial charge in [-0.05, 0) is 6.92 Å². The summed E-state index contributed by atoms with van der Waals surface area (Å²) in [6.45, 7) is 5.43. The molecule has 0 aliphatic rings. The van der Waals surface area contributed by atoms with Crippen LogP contribution in [0.5, 0.6) is 0 Å². The van der Waals surface area contributed by atoms with Crippen molar-refractivity contribution < 1.29 is 9.53 Å². The molecule has 3 heteroatoms. The Balaban J connectivity index is 3.66. The first kappa shape index (κ1) is 11.0. The monoisotopic (exact) mass is 169 g/mol. The van der Waals surface area contributed by atoms with Crippen LogP contribution in [0.4, 0.5) is 0 Å². The standard InChI is InChI=1S/C9H15NO2/c1-4-5-8(10)6-12-9(11)7(2)3/h7-8H,6,10H2,1-3H3. The molecular weight excluding hydrogens is 154 g/mol. The zero-order chi connectivity index (χ0) is 9.56. The summed E-state index contributed by atoms with van der Waals surface area (Å²) in [6.07, 6.45) is 0. The largest absolute Gasteiger partial charge is 0.463 e. The van der Waals surface area contributed by atoms with Gasteiger partial charge < -0.3 is 10.5 Å². The van der Waals surface area contributed by atoms with E-state index in [0.717, 1.165) is 0 Å². The van der Waals surface area contributed by atoms with Crippen LogP contribution in [0, 0.1) is 17.8 Å². The third-order valence-electron chi connectivity index (χ3n) is 1.21. The Bertz CT molecular complexity index is 200. The van der Waals surface area contributed by atoms with Crippen LogP contribution in [0.2, 0.25) is 0 Å². The van der Waals surface area contributed by atoms with Crippen LogP contribution in [0.1, 0.15) is 20.8 Å². The van der Waals surface area contributed by atoms with Crippen LogP contribution in [-0.2, 0) is 9.53 Å². The molecule has 0 aromatic carbocycles. The van der Waals surface area contributed by atoms with Gasteiger partial charge in [0.05, 0.1) is 5.92 Å². The van der Waals surface area contributed by atoms with Gasteiger partial charge >= 0.3 is 5.97 Å². The second-order valence-electron chi connectivity index (χ2n) is 2.79. The summed E-state index contributed by atoms with van der Waals surface area (Å²) in [6, 6.07) is -0.363. The molecule has 1 atom stereocenters. The summed E-state index contributed by atoms with van der Waals surface area (Å²) in [5.41, 5.74) is 5.48. The summed E-state index contributed by atoms with van der Waals surface area (Å²) in [5, 5.41) is 0. The fraction of sp³-hybridized carbons (Fsp3) is 0.667. The predicted octanol–water partition coefficient (Wildman–Crippen LogP) is 0.536. The lowest BCUT2D eigenvalue weighted by Gasteiger charge is -2.08. The van der Waals surface area contributed by atoms with Crippen molar-refractivity contribution >= 4 is 5.97 Å². The van der Waals surface area contributed by atoms with Gasteiger partial charge in [0.25, 0.3) is 0 Å². The molecule has 0 aliphatic carbocycles. The molecule has 1 unspecified atom stereocenters. The van der Waals surface area contributed by atoms with Gasteiger partial charge in [0.1, 0.15) is 12.6 Å². The molecule has 2 N–H and O–H groups in total. The van der Waals surface area contributed by atoms with Gasteiger partial charge in [-0.15, -0.1) is 5.92 Å². The second-order valence-corrected chi connectivity index (χ2v) is 2.79. The minimum Gasteiger partial charge on any atom is -0.463 e. The highest BCUT2D eigenvalue weighted by Crippen LogP contribution is 1.95. The third kappa shape index (κ3) is 4.75. The lowest BCUT2D eigenvalue weighted by Crippen LogP contribution is -2.27. The first-order valence-electron chi connectivity index (χ1n) is 3.92. The molecule has 0 amide bonds. The number of ether oxygens (including phenoxy) is 1. The molecule has 12 heavy (non-hydrogen) atoms. The minimum atomic E-state index is -0.363. The number of rotatable bonds is 3. The van der Waals surface area contributed by atoms with Crippen molar-refractivity contribution in [3.8, 4) is 11.8 Å². The van der Waals surface area contributed by atoms with Crippen LogP contribution < -0.4 is 5.73 Å². The van der Waals surface area contributed by atoms with Crippen molar-refractivity contribution in [2.75, 3.05) is 6.61 Å². The highest BCUT2D eigenvalue weighted by atomic mass is 16.5. The zero-order valence-corrected chi connectivity index (χ0v) is 7.76. The summed E-state index contributed by atoms with van der Waals surface area (Å²) >= 11 is 0. The van der Waals surface area contributed by atoms with Gasteiger partial charge in [-0.3, -0.25) is 4.79 Å². The molecule has 0 fully saturated rings. The van der Waals surface area contributed by atoms with E-state index in [1.54, 1.807) is 20.8 Å². The number of esters is 1. The average Bonchev–Trinajstić information content (AvgIpc) is 2.00. The lowest BCUT2D eigenvalue weighted by molar-refractivity contribution is -0.147. The van der Waals surface area contributed by atoms with Crippen LogP contribution >= 0.6 is 0 Å². The van der Waals surface area contributed by atoms with Crippen molar-refractivity contribution in [1.82, 2.24) is 0 Å². The van der Waals surface area contributed by atoms with Crippen LogP contribution in [-0.4, -0.2) is 18.6 Å². The zero-order valence-electron chi connectivity index (χ0n) is 7.76. The second kappa shape index (κ2) is 5.62. The number of hydrogen-bond donors (Lipinski definition) is 1. The first-order chi connectivity index (χ1) is 5.57. The maximum absolute atomic E-state index is 10.9. The Morgan fingerprint density at radius 2 is 2.17 bits per heavy atom. The third-order valence-corrected chi connectivity index (χ3v) is 1.21. The van der Waals surface area contributed by atoms with Gasteiger partial charge in [-0.25, -0.2) is 0 Å². The maximum Gasteiger partial charge on any atom is 0.308 e. The molecule has 0 aromatic rings. The van der Waals surface area contributed by atoms with Crippen LogP contribution in [0.25, 0.3) is 0 Å². The van der Waals surface area contributed by atoms with Crippen molar-refractivity contribution in [2.24, 2.45) is 11.7 Å². The summed E-state index contributed by atoms with van der Waals surface area (Å²) in [7, 11) is 0. The van der Waals surface area contributed by atoms with Crippen LogP contribution in [0.15, 0.2) is 0 Å². The fourth-order valence-corrected chi connectivity index (χ4v) is 0.566. The topological polar surface area (TPSA) is 52.3 Å². The van der Waals surface area contributed by atoms with E-state index < -0.39 is 0 Å². The van der Waals surface area contributed by atoms with E-state index in [0.29, 0.717) is 0 Å². The Kier molecular flexibility index (Phi) is 5.14. The SMILES string of the molecule is CC#CC(N)COC(=O)C(C)C. The Hall–Kier alpha value is -1.01. The Labute approximate surface area is 73.3 Å².